The summed E-state index contributed by atoms with van der Waals surface area (Å²) in [5, 5.41) is 2.54. The van der Waals surface area contributed by atoms with Crippen LogP contribution in [0.3, 0.4) is 0 Å². The Labute approximate surface area is 69.6 Å². The molecule has 1 N–H and O–H groups in total. The largest absolute Gasteiger partial charge is 0.467 e. The molecule has 0 saturated heterocycles. The Hall–Kier alpha value is -0.900. The predicted molar refractivity (Wildman–Crippen MR) is 41.1 cm³/mol. The summed E-state index contributed by atoms with van der Waals surface area (Å²) in [4.78, 5) is 0. The molecule has 0 aliphatic carbocycles. The van der Waals surface area contributed by atoms with Gasteiger partial charge in [-0.2, -0.15) is 0 Å². The molecule has 0 saturated carbocycles. The minimum Gasteiger partial charge on any atom is -0.467 e. The first-order valence-electron chi connectivity index (χ1n) is 3.62. The maximum Gasteiger partial charge on any atom is 0.263 e. The summed E-state index contributed by atoms with van der Waals surface area (Å²) in [6.45, 7) is 1.40. The lowest BCUT2D eigenvalue weighted by molar-refractivity contribution is 0.0303. The summed E-state index contributed by atoms with van der Waals surface area (Å²) in [5.41, 5.74) is -1.39. The fourth-order valence-corrected chi connectivity index (χ4v) is 0.914. The smallest absolute Gasteiger partial charge is 0.263 e. The second-order valence-corrected chi connectivity index (χ2v) is 2.73. The first-order valence-corrected chi connectivity index (χ1v) is 3.62. The SMILES string of the molecule is CNC(C)(c1ccco1)C(F)F. The van der Waals surface area contributed by atoms with E-state index in [0.717, 1.165) is 0 Å². The first-order chi connectivity index (χ1) is 5.61. The quantitative estimate of drug-likeness (QED) is 0.759. The Balaban J connectivity index is 2.96. The van der Waals surface area contributed by atoms with Crippen LogP contribution in [0.5, 0.6) is 0 Å². The lowest BCUT2D eigenvalue weighted by atomic mass is 10.0. The molecule has 0 bridgehead atoms. The van der Waals surface area contributed by atoms with Gasteiger partial charge in [0.1, 0.15) is 11.3 Å². The molecule has 1 unspecified atom stereocenters. The molecule has 0 aliphatic heterocycles. The molecule has 0 aromatic carbocycles. The molecule has 1 atom stereocenters. The van der Waals surface area contributed by atoms with E-state index in [-0.39, 0.29) is 5.76 Å². The van der Waals surface area contributed by atoms with Crippen molar-refractivity contribution in [1.29, 1.82) is 0 Å². The normalized spacial score (nSPS) is 16.4. The summed E-state index contributed by atoms with van der Waals surface area (Å²) < 4.78 is 30.0. The number of halogens is 2. The topological polar surface area (TPSA) is 25.2 Å². The van der Waals surface area contributed by atoms with Gasteiger partial charge in [-0.15, -0.1) is 0 Å². The molecule has 1 aromatic heterocycles. The van der Waals surface area contributed by atoms with Crippen LogP contribution in [0.2, 0.25) is 0 Å². The average molecular weight is 175 g/mol. The zero-order valence-electron chi connectivity index (χ0n) is 6.97. The molecule has 2 nitrogen and oxygen atoms in total. The monoisotopic (exact) mass is 175 g/mol. The van der Waals surface area contributed by atoms with Crippen molar-refractivity contribution in [2.24, 2.45) is 0 Å². The Morgan fingerprint density at radius 1 is 1.58 bits per heavy atom. The highest BCUT2D eigenvalue weighted by atomic mass is 19.3. The number of rotatable bonds is 3. The first kappa shape index (κ1) is 9.19. The predicted octanol–water partition coefficient (Wildman–Crippen LogP) is 1.98. The van der Waals surface area contributed by atoms with Crippen molar-refractivity contribution in [2.75, 3.05) is 7.05 Å². The standard InChI is InChI=1S/C8H11F2NO/c1-8(11-2,7(9)10)6-4-3-5-12-6/h3-5,7,11H,1-2H3. The van der Waals surface area contributed by atoms with Gasteiger partial charge in [0.05, 0.1) is 6.26 Å². The lowest BCUT2D eigenvalue weighted by Crippen LogP contribution is -2.43. The third kappa shape index (κ3) is 1.34. The molecule has 0 radical (unpaired) electrons. The second kappa shape index (κ2) is 3.23. The van der Waals surface area contributed by atoms with Gasteiger partial charge in [-0.3, -0.25) is 0 Å². The molecule has 68 valence electrons. The Morgan fingerprint density at radius 2 is 2.25 bits per heavy atom. The fourth-order valence-electron chi connectivity index (χ4n) is 0.914. The molecular formula is C8H11F2NO. The molecule has 1 aromatic rings. The Morgan fingerprint density at radius 3 is 2.58 bits per heavy atom. The second-order valence-electron chi connectivity index (χ2n) is 2.73. The van der Waals surface area contributed by atoms with Gasteiger partial charge in [0.25, 0.3) is 6.43 Å². The molecule has 1 heterocycles. The highest BCUT2D eigenvalue weighted by molar-refractivity contribution is 5.12. The van der Waals surface area contributed by atoms with E-state index in [4.69, 9.17) is 4.42 Å². The number of hydrogen-bond acceptors (Lipinski definition) is 2. The molecule has 12 heavy (non-hydrogen) atoms. The highest BCUT2D eigenvalue weighted by Crippen LogP contribution is 2.27. The van der Waals surface area contributed by atoms with E-state index in [0.29, 0.717) is 0 Å². The molecule has 4 heteroatoms. The van der Waals surface area contributed by atoms with Gasteiger partial charge in [0.15, 0.2) is 0 Å². The molecule has 0 spiro atoms. The van der Waals surface area contributed by atoms with Gasteiger partial charge < -0.3 is 9.73 Å². The van der Waals surface area contributed by atoms with Crippen LogP contribution in [0.1, 0.15) is 12.7 Å². The van der Waals surface area contributed by atoms with Gasteiger partial charge in [-0.1, -0.05) is 0 Å². The van der Waals surface area contributed by atoms with Crippen LogP contribution < -0.4 is 5.32 Å². The third-order valence-corrected chi connectivity index (χ3v) is 1.99. The Bertz CT molecular complexity index is 235. The van der Waals surface area contributed by atoms with E-state index in [1.54, 1.807) is 6.07 Å². The van der Waals surface area contributed by atoms with Crippen molar-refractivity contribution >= 4 is 0 Å². The van der Waals surface area contributed by atoms with E-state index in [1.807, 2.05) is 0 Å². The van der Waals surface area contributed by atoms with Crippen LogP contribution in [0.25, 0.3) is 0 Å². The highest BCUT2D eigenvalue weighted by Gasteiger charge is 2.37. The molecule has 0 amide bonds. The van der Waals surface area contributed by atoms with E-state index in [9.17, 15) is 8.78 Å². The van der Waals surface area contributed by atoms with Gasteiger partial charge in [0, 0.05) is 0 Å². The van der Waals surface area contributed by atoms with Gasteiger partial charge in [0.2, 0.25) is 0 Å². The average Bonchev–Trinajstić information content (AvgIpc) is 2.54. The van der Waals surface area contributed by atoms with Crippen molar-refractivity contribution in [1.82, 2.24) is 5.32 Å². The molecule has 0 aliphatic rings. The van der Waals surface area contributed by atoms with Crippen molar-refractivity contribution in [3.63, 3.8) is 0 Å². The van der Waals surface area contributed by atoms with Crippen molar-refractivity contribution in [2.45, 2.75) is 18.9 Å². The summed E-state index contributed by atoms with van der Waals surface area (Å²) in [5.74, 6) is 0.250. The van der Waals surface area contributed by atoms with E-state index in [1.165, 1.54) is 26.3 Å². The Kier molecular flexibility index (Phi) is 2.47. The number of furan rings is 1. The lowest BCUT2D eigenvalue weighted by Gasteiger charge is -2.25. The zero-order valence-corrected chi connectivity index (χ0v) is 6.97. The minimum absolute atomic E-state index is 0.250. The zero-order chi connectivity index (χ0) is 9.19. The van der Waals surface area contributed by atoms with E-state index >= 15 is 0 Å². The maximum absolute atomic E-state index is 12.5. The summed E-state index contributed by atoms with van der Waals surface area (Å²) >= 11 is 0. The summed E-state index contributed by atoms with van der Waals surface area (Å²) in [6, 6.07) is 3.12. The molecular weight excluding hydrogens is 164 g/mol. The fraction of sp³-hybridized carbons (Fsp3) is 0.500. The van der Waals surface area contributed by atoms with Crippen LogP contribution >= 0.6 is 0 Å². The van der Waals surface area contributed by atoms with Crippen molar-refractivity contribution < 1.29 is 13.2 Å². The van der Waals surface area contributed by atoms with Crippen LogP contribution in [-0.4, -0.2) is 13.5 Å². The molecule has 1 rings (SSSR count). The van der Waals surface area contributed by atoms with E-state index in [2.05, 4.69) is 5.32 Å². The van der Waals surface area contributed by atoms with Crippen LogP contribution in [0.15, 0.2) is 22.8 Å². The third-order valence-electron chi connectivity index (χ3n) is 1.99. The van der Waals surface area contributed by atoms with Crippen molar-refractivity contribution in [3.8, 4) is 0 Å². The number of hydrogen-bond donors (Lipinski definition) is 1. The van der Waals surface area contributed by atoms with Crippen LogP contribution in [-0.2, 0) is 5.54 Å². The number of alkyl halides is 2. The number of nitrogens with one attached hydrogen (secondary N) is 1. The van der Waals surface area contributed by atoms with Gasteiger partial charge in [-0.25, -0.2) is 8.78 Å². The minimum atomic E-state index is -2.49. The maximum atomic E-state index is 12.5. The van der Waals surface area contributed by atoms with Crippen LogP contribution in [0, 0.1) is 0 Å². The van der Waals surface area contributed by atoms with E-state index < -0.39 is 12.0 Å². The molecule has 0 fully saturated rings. The summed E-state index contributed by atoms with van der Waals surface area (Å²) in [6.07, 6.45) is -1.11. The van der Waals surface area contributed by atoms with Crippen molar-refractivity contribution in [3.05, 3.63) is 24.2 Å². The summed E-state index contributed by atoms with van der Waals surface area (Å²) in [7, 11) is 1.48. The van der Waals surface area contributed by atoms with Gasteiger partial charge in [-0.05, 0) is 26.1 Å². The van der Waals surface area contributed by atoms with Gasteiger partial charge >= 0.3 is 0 Å². The van der Waals surface area contributed by atoms with Crippen LogP contribution in [0.4, 0.5) is 8.78 Å².